The van der Waals surface area contributed by atoms with E-state index >= 15 is 0 Å². The number of carbonyl (C=O) groups is 2. The Labute approximate surface area is 154 Å². The van der Waals surface area contributed by atoms with Crippen LogP contribution in [0.5, 0.6) is 0 Å². The van der Waals surface area contributed by atoms with Crippen LogP contribution in [0.3, 0.4) is 0 Å². The van der Waals surface area contributed by atoms with Gasteiger partial charge in [-0.2, -0.15) is 0 Å². The van der Waals surface area contributed by atoms with Gasteiger partial charge >= 0.3 is 11.9 Å². The van der Waals surface area contributed by atoms with Gasteiger partial charge in [0.15, 0.2) is 0 Å². The summed E-state index contributed by atoms with van der Waals surface area (Å²) in [6, 6.07) is 0. The fraction of sp³-hybridized carbons (Fsp3) is 0.909. The van der Waals surface area contributed by atoms with Crippen LogP contribution in [0, 0.1) is 70.0 Å². The highest BCUT2D eigenvalue weighted by Gasteiger charge is 3.00. The largest absolute Gasteiger partial charge is 0.469 e. The van der Waals surface area contributed by atoms with Crippen LogP contribution in [-0.2, 0) is 19.1 Å². The molecular formula is C22H28O4. The van der Waals surface area contributed by atoms with Crippen molar-refractivity contribution in [3.05, 3.63) is 0 Å². The normalized spacial score (nSPS) is 64.2. The molecular weight excluding hydrogens is 328 g/mol. The van der Waals surface area contributed by atoms with Crippen molar-refractivity contribution in [2.45, 2.75) is 38.5 Å². The molecule has 0 aromatic heterocycles. The van der Waals surface area contributed by atoms with E-state index in [0.717, 1.165) is 0 Å². The summed E-state index contributed by atoms with van der Waals surface area (Å²) in [5.41, 5.74) is -1.09. The average Bonchev–Trinajstić information content (AvgIpc) is 3.44. The van der Waals surface area contributed by atoms with E-state index < -0.39 is 10.8 Å². The highest BCUT2D eigenvalue weighted by atomic mass is 16.5. The molecule has 12 atom stereocenters. The van der Waals surface area contributed by atoms with Gasteiger partial charge in [-0.1, -0.05) is 12.8 Å². The monoisotopic (exact) mass is 356 g/mol. The lowest BCUT2D eigenvalue weighted by molar-refractivity contribution is -0.208. The molecule has 0 heterocycles. The summed E-state index contributed by atoms with van der Waals surface area (Å²) in [6.45, 7) is 0. The molecule has 8 fully saturated rings. The number of ether oxygens (including phenoxy) is 2. The molecule has 0 aliphatic heterocycles. The Kier molecular flexibility index (Phi) is 2.40. The van der Waals surface area contributed by atoms with Crippen molar-refractivity contribution in [3.8, 4) is 0 Å². The van der Waals surface area contributed by atoms with Crippen molar-refractivity contribution in [1.82, 2.24) is 0 Å². The zero-order valence-corrected chi connectivity index (χ0v) is 15.6. The number of hydrogen-bond donors (Lipinski definition) is 0. The zero-order valence-electron chi connectivity index (χ0n) is 15.6. The summed E-state index contributed by atoms with van der Waals surface area (Å²) in [5.74, 6) is 5.35. The predicted molar refractivity (Wildman–Crippen MR) is 91.5 cm³/mol. The number of esters is 2. The van der Waals surface area contributed by atoms with Crippen LogP contribution in [0.25, 0.3) is 0 Å². The Morgan fingerprint density at radius 2 is 0.962 bits per heavy atom. The van der Waals surface area contributed by atoms with Gasteiger partial charge in [0.2, 0.25) is 0 Å². The summed E-state index contributed by atoms with van der Waals surface area (Å²) in [6.07, 6.45) is 7.59. The van der Waals surface area contributed by atoms with Crippen LogP contribution in [-0.4, -0.2) is 26.2 Å². The van der Waals surface area contributed by atoms with E-state index in [2.05, 4.69) is 0 Å². The molecule has 0 saturated heterocycles. The zero-order chi connectivity index (χ0) is 17.6. The summed E-state index contributed by atoms with van der Waals surface area (Å²) >= 11 is 0. The third-order valence-electron chi connectivity index (χ3n) is 11.0. The number of hydrogen-bond acceptors (Lipinski definition) is 4. The van der Waals surface area contributed by atoms with Gasteiger partial charge in [-0.15, -0.1) is 0 Å². The number of carbonyl (C=O) groups excluding carboxylic acids is 2. The van der Waals surface area contributed by atoms with Crippen LogP contribution < -0.4 is 0 Å². The van der Waals surface area contributed by atoms with Gasteiger partial charge in [-0.05, 0) is 84.9 Å². The molecule has 0 aromatic carbocycles. The molecule has 8 bridgehead atoms. The topological polar surface area (TPSA) is 52.6 Å². The first-order valence-electron chi connectivity index (χ1n) is 10.8. The van der Waals surface area contributed by atoms with Gasteiger partial charge in [-0.25, -0.2) is 0 Å². The third-order valence-corrected chi connectivity index (χ3v) is 11.0. The van der Waals surface area contributed by atoms with Crippen molar-refractivity contribution in [2.75, 3.05) is 14.2 Å². The van der Waals surface area contributed by atoms with Crippen LogP contribution in [0.15, 0.2) is 0 Å². The molecule has 140 valence electrons. The summed E-state index contributed by atoms with van der Waals surface area (Å²) < 4.78 is 11.1. The number of fused-ring (bicyclic) bond motifs is 2. The molecule has 0 radical (unpaired) electrons. The molecule has 4 unspecified atom stereocenters. The number of rotatable bonds is 2. The lowest BCUT2D eigenvalue weighted by Crippen LogP contribution is -2.65. The SMILES string of the molecule is COC(=O)C12[C@@H]3C4C5[C@H]1[C@@H]1CCC[C@@H]1[C@H]5C2(C(=O)OC)[C@H]4[C@H]1CCC[C@H]13. The fourth-order valence-corrected chi connectivity index (χ4v) is 11.7. The summed E-state index contributed by atoms with van der Waals surface area (Å²) in [4.78, 5) is 27.2. The highest BCUT2D eigenvalue weighted by Crippen LogP contribution is 2.97. The minimum absolute atomic E-state index is 0.0499. The van der Waals surface area contributed by atoms with E-state index in [4.69, 9.17) is 9.47 Å². The standard InChI is InChI=1S/C22H28O4/c1-25-19(23)21-15-9-5-3-7-11(9)17-13(15)14-16(21)10-6-4-8-12(10)18(14)22(17,21)20(24)26-2/h9-18H,3-8H2,1-2H3/t9-,10-,11+,12+,13?,14?,15-,16+,17-,18+,21?,22?. The minimum atomic E-state index is -0.545. The molecule has 0 N–H and O–H groups in total. The first kappa shape index (κ1) is 14.9. The molecule has 8 saturated carbocycles. The first-order chi connectivity index (χ1) is 12.7. The second-order valence-electron chi connectivity index (χ2n) is 10.5. The van der Waals surface area contributed by atoms with E-state index in [0.29, 0.717) is 59.2 Å². The lowest BCUT2D eigenvalue weighted by atomic mass is 9.43. The minimum Gasteiger partial charge on any atom is -0.469 e. The van der Waals surface area contributed by atoms with Crippen molar-refractivity contribution in [3.63, 3.8) is 0 Å². The maximum absolute atomic E-state index is 13.6. The predicted octanol–water partition coefficient (Wildman–Crippen LogP) is 2.90. The molecule has 0 aromatic rings. The Bertz CT molecular complexity index is 644. The van der Waals surface area contributed by atoms with E-state index in [9.17, 15) is 9.59 Å². The van der Waals surface area contributed by atoms with Crippen LogP contribution in [0.4, 0.5) is 0 Å². The van der Waals surface area contributed by atoms with Crippen molar-refractivity contribution in [1.29, 1.82) is 0 Å². The quantitative estimate of drug-likeness (QED) is 0.714. The van der Waals surface area contributed by atoms with Crippen molar-refractivity contribution < 1.29 is 19.1 Å². The molecule has 8 rings (SSSR count). The third kappa shape index (κ3) is 1.02. The summed E-state index contributed by atoms with van der Waals surface area (Å²) in [5, 5.41) is 0. The van der Waals surface area contributed by atoms with Crippen molar-refractivity contribution >= 4 is 11.9 Å². The van der Waals surface area contributed by atoms with Gasteiger partial charge in [0.05, 0.1) is 25.0 Å². The van der Waals surface area contributed by atoms with E-state index in [1.807, 2.05) is 0 Å². The second kappa shape index (κ2) is 4.17. The van der Waals surface area contributed by atoms with Gasteiger partial charge in [0.1, 0.15) is 0 Å². The van der Waals surface area contributed by atoms with Crippen LogP contribution in [0.2, 0.25) is 0 Å². The molecule has 8 aliphatic carbocycles. The van der Waals surface area contributed by atoms with Gasteiger partial charge < -0.3 is 9.47 Å². The summed E-state index contributed by atoms with van der Waals surface area (Å²) in [7, 11) is 3.09. The Hall–Kier alpha value is -1.06. The van der Waals surface area contributed by atoms with Crippen molar-refractivity contribution in [2.24, 2.45) is 70.0 Å². The Morgan fingerprint density at radius 3 is 1.23 bits per heavy atom. The molecule has 0 amide bonds. The van der Waals surface area contributed by atoms with Crippen LogP contribution >= 0.6 is 0 Å². The smallest absolute Gasteiger partial charge is 0.313 e. The maximum Gasteiger partial charge on any atom is 0.313 e. The van der Waals surface area contributed by atoms with Gasteiger partial charge in [-0.3, -0.25) is 9.59 Å². The van der Waals surface area contributed by atoms with E-state index in [-0.39, 0.29) is 11.9 Å². The Morgan fingerprint density at radius 1 is 0.654 bits per heavy atom. The number of methoxy groups -OCH3 is 2. The average molecular weight is 356 g/mol. The second-order valence-corrected chi connectivity index (χ2v) is 10.5. The molecule has 26 heavy (non-hydrogen) atoms. The molecule has 0 spiro atoms. The highest BCUT2D eigenvalue weighted by molar-refractivity contribution is 5.94. The van der Waals surface area contributed by atoms with E-state index in [1.165, 1.54) is 38.5 Å². The molecule has 4 nitrogen and oxygen atoms in total. The van der Waals surface area contributed by atoms with E-state index in [1.54, 1.807) is 14.2 Å². The molecule has 8 aliphatic rings. The van der Waals surface area contributed by atoms with Gasteiger partial charge in [0.25, 0.3) is 0 Å². The van der Waals surface area contributed by atoms with Gasteiger partial charge in [0, 0.05) is 0 Å². The lowest BCUT2D eigenvalue weighted by Gasteiger charge is -2.57. The van der Waals surface area contributed by atoms with Crippen LogP contribution in [0.1, 0.15) is 38.5 Å². The fourth-order valence-electron chi connectivity index (χ4n) is 11.7. The Balaban J connectivity index is 1.54. The molecule has 4 heteroatoms. The maximum atomic E-state index is 13.6. The first-order valence-corrected chi connectivity index (χ1v) is 10.8.